The van der Waals surface area contributed by atoms with Gasteiger partial charge in [0.15, 0.2) is 11.0 Å². The highest BCUT2D eigenvalue weighted by Crippen LogP contribution is 2.33. The molecule has 1 aliphatic rings. The topological polar surface area (TPSA) is 97.3 Å². The monoisotopic (exact) mass is 497 g/mol. The molecule has 1 saturated heterocycles. The average molecular weight is 498 g/mol. The smallest absolute Gasteiger partial charge is 0.237 e. The van der Waals surface area contributed by atoms with Crippen LogP contribution < -0.4 is 9.47 Å². The van der Waals surface area contributed by atoms with Gasteiger partial charge >= 0.3 is 0 Å². The van der Waals surface area contributed by atoms with Gasteiger partial charge in [-0.2, -0.15) is 4.98 Å². The number of hydrogen-bond donors (Lipinski definition) is 0. The van der Waals surface area contributed by atoms with Crippen LogP contribution in [0.5, 0.6) is 11.5 Å². The van der Waals surface area contributed by atoms with Crippen LogP contribution in [0.25, 0.3) is 22.8 Å². The largest absolute Gasteiger partial charge is 0.497 e. The highest BCUT2D eigenvalue weighted by Gasteiger charge is 2.23. The van der Waals surface area contributed by atoms with E-state index < -0.39 is 0 Å². The van der Waals surface area contributed by atoms with Crippen molar-refractivity contribution in [2.45, 2.75) is 36.4 Å². The summed E-state index contributed by atoms with van der Waals surface area (Å²) in [5.41, 5.74) is 1.49. The number of rotatable bonds is 9. The van der Waals surface area contributed by atoms with Crippen molar-refractivity contribution in [3.05, 3.63) is 54.2 Å². The lowest BCUT2D eigenvalue weighted by Crippen LogP contribution is -2.16. The van der Waals surface area contributed by atoms with Crippen LogP contribution >= 0.6 is 11.8 Å². The van der Waals surface area contributed by atoms with Crippen LogP contribution in [0.3, 0.4) is 0 Å². The van der Waals surface area contributed by atoms with Crippen LogP contribution in [0.4, 0.5) is 4.39 Å². The lowest BCUT2D eigenvalue weighted by molar-refractivity contribution is 0.0953. The predicted octanol–water partition coefficient (Wildman–Crippen LogP) is 4.62. The number of ether oxygens (including phenoxy) is 3. The van der Waals surface area contributed by atoms with E-state index in [0.29, 0.717) is 52.1 Å². The first-order valence-electron chi connectivity index (χ1n) is 11.1. The summed E-state index contributed by atoms with van der Waals surface area (Å²) in [4.78, 5) is 4.52. The first-order chi connectivity index (χ1) is 17.1. The minimum absolute atomic E-state index is 0.0853. The van der Waals surface area contributed by atoms with E-state index in [0.717, 1.165) is 25.0 Å². The van der Waals surface area contributed by atoms with Gasteiger partial charge in [-0.05, 0) is 49.2 Å². The van der Waals surface area contributed by atoms with E-state index in [1.807, 2.05) is 16.7 Å². The molecule has 182 valence electrons. The first kappa shape index (κ1) is 23.3. The standard InChI is InChI=1S/C24H24FN5O4S/c1-31-17-9-10-19(20(12-17)32-2)22-26-21(34-29-22)14-35-24-28-27-23(15-5-7-16(25)8-6-15)30(24)13-18-4-3-11-33-18/h5-10,12,18H,3-4,11,13-14H2,1-2H3/t18-/m1/s1. The van der Waals surface area contributed by atoms with Crippen LogP contribution in [0.2, 0.25) is 0 Å². The van der Waals surface area contributed by atoms with Gasteiger partial charge in [0, 0.05) is 18.2 Å². The zero-order valence-corrected chi connectivity index (χ0v) is 20.1. The van der Waals surface area contributed by atoms with Gasteiger partial charge in [0.1, 0.15) is 17.3 Å². The van der Waals surface area contributed by atoms with Gasteiger partial charge in [-0.15, -0.1) is 10.2 Å². The normalized spacial score (nSPS) is 15.5. The molecule has 0 bridgehead atoms. The molecule has 4 aromatic rings. The van der Waals surface area contributed by atoms with Gasteiger partial charge in [0.2, 0.25) is 11.7 Å². The Hall–Kier alpha value is -3.44. The van der Waals surface area contributed by atoms with E-state index in [2.05, 4.69) is 20.3 Å². The van der Waals surface area contributed by atoms with Gasteiger partial charge in [-0.3, -0.25) is 4.57 Å². The minimum Gasteiger partial charge on any atom is -0.497 e. The van der Waals surface area contributed by atoms with Crippen LogP contribution in [0.1, 0.15) is 18.7 Å². The lowest BCUT2D eigenvalue weighted by atomic mass is 10.2. The number of methoxy groups -OCH3 is 2. The summed E-state index contributed by atoms with van der Waals surface area (Å²) >= 11 is 1.44. The van der Waals surface area contributed by atoms with Crippen molar-refractivity contribution in [2.24, 2.45) is 0 Å². The first-order valence-corrected chi connectivity index (χ1v) is 12.1. The third kappa shape index (κ3) is 5.15. The van der Waals surface area contributed by atoms with E-state index in [-0.39, 0.29) is 11.9 Å². The summed E-state index contributed by atoms with van der Waals surface area (Å²) in [7, 11) is 3.17. The molecular weight excluding hydrogens is 473 g/mol. The van der Waals surface area contributed by atoms with E-state index in [1.54, 1.807) is 32.4 Å². The van der Waals surface area contributed by atoms with Crippen molar-refractivity contribution in [1.82, 2.24) is 24.9 Å². The van der Waals surface area contributed by atoms with Gasteiger partial charge < -0.3 is 18.7 Å². The quantitative estimate of drug-likeness (QED) is 0.307. The van der Waals surface area contributed by atoms with Crippen molar-refractivity contribution in [3.63, 3.8) is 0 Å². The summed E-state index contributed by atoms with van der Waals surface area (Å²) in [6.07, 6.45) is 2.09. The molecule has 0 radical (unpaired) electrons. The average Bonchev–Trinajstić information content (AvgIpc) is 3.65. The zero-order chi connectivity index (χ0) is 24.2. The predicted molar refractivity (Wildman–Crippen MR) is 127 cm³/mol. The Kier molecular flexibility index (Phi) is 6.96. The Morgan fingerprint density at radius 1 is 1.11 bits per heavy atom. The third-order valence-corrected chi connectivity index (χ3v) is 6.62. The molecule has 0 aliphatic carbocycles. The van der Waals surface area contributed by atoms with Gasteiger partial charge in [-0.25, -0.2) is 4.39 Å². The molecule has 1 atom stereocenters. The Morgan fingerprint density at radius 3 is 2.71 bits per heavy atom. The maximum absolute atomic E-state index is 13.5. The fourth-order valence-corrected chi connectivity index (χ4v) is 4.68. The molecule has 0 spiro atoms. The Balaban J connectivity index is 1.36. The second-order valence-electron chi connectivity index (χ2n) is 7.93. The molecule has 1 aliphatic heterocycles. The number of benzene rings is 2. The van der Waals surface area contributed by atoms with Gasteiger partial charge in [-0.1, -0.05) is 16.9 Å². The van der Waals surface area contributed by atoms with E-state index in [4.69, 9.17) is 18.7 Å². The Bertz CT molecular complexity index is 1290. The Morgan fingerprint density at radius 2 is 1.97 bits per heavy atom. The minimum atomic E-state index is -0.297. The summed E-state index contributed by atoms with van der Waals surface area (Å²) in [5, 5.41) is 13.6. The summed E-state index contributed by atoms with van der Waals surface area (Å²) < 4.78 is 37.5. The van der Waals surface area contributed by atoms with Crippen molar-refractivity contribution < 1.29 is 23.1 Å². The molecule has 3 heterocycles. The summed E-state index contributed by atoms with van der Waals surface area (Å²) in [6, 6.07) is 11.6. The van der Waals surface area contributed by atoms with Crippen molar-refractivity contribution in [3.8, 4) is 34.3 Å². The molecule has 35 heavy (non-hydrogen) atoms. The van der Waals surface area contributed by atoms with E-state index in [1.165, 1.54) is 23.9 Å². The molecule has 5 rings (SSSR count). The zero-order valence-electron chi connectivity index (χ0n) is 19.3. The van der Waals surface area contributed by atoms with Crippen molar-refractivity contribution in [1.29, 1.82) is 0 Å². The second kappa shape index (κ2) is 10.4. The second-order valence-corrected chi connectivity index (χ2v) is 8.87. The lowest BCUT2D eigenvalue weighted by Gasteiger charge is -2.14. The van der Waals surface area contributed by atoms with Gasteiger partial charge in [0.25, 0.3) is 0 Å². The maximum atomic E-state index is 13.5. The van der Waals surface area contributed by atoms with Crippen molar-refractivity contribution >= 4 is 11.8 Å². The maximum Gasteiger partial charge on any atom is 0.237 e. The highest BCUT2D eigenvalue weighted by molar-refractivity contribution is 7.98. The number of nitrogens with zero attached hydrogens (tertiary/aromatic N) is 5. The molecule has 1 fully saturated rings. The van der Waals surface area contributed by atoms with E-state index in [9.17, 15) is 4.39 Å². The molecule has 11 heteroatoms. The highest BCUT2D eigenvalue weighted by atomic mass is 32.2. The van der Waals surface area contributed by atoms with Crippen LogP contribution in [0.15, 0.2) is 52.1 Å². The number of aromatic nitrogens is 5. The summed E-state index contributed by atoms with van der Waals surface area (Å²) in [6.45, 7) is 1.36. The SMILES string of the molecule is COc1ccc(-c2noc(CSc3nnc(-c4ccc(F)cc4)n3C[C@H]3CCCO3)n2)c(OC)c1. The number of halogens is 1. The fourth-order valence-electron chi connectivity index (χ4n) is 3.90. The van der Waals surface area contributed by atoms with Crippen molar-refractivity contribution in [2.75, 3.05) is 20.8 Å². The molecule has 0 amide bonds. The molecule has 0 unspecified atom stereocenters. The fraction of sp³-hybridized carbons (Fsp3) is 0.333. The summed E-state index contributed by atoms with van der Waals surface area (Å²) in [5.74, 6) is 2.90. The van der Waals surface area contributed by atoms with Gasteiger partial charge in [0.05, 0.1) is 38.2 Å². The molecular formula is C24H24FN5O4S. The molecule has 0 N–H and O–H groups in total. The van der Waals surface area contributed by atoms with Crippen LogP contribution in [0, 0.1) is 5.82 Å². The van der Waals surface area contributed by atoms with E-state index >= 15 is 0 Å². The van der Waals surface area contributed by atoms with Crippen LogP contribution in [-0.4, -0.2) is 51.8 Å². The third-order valence-electron chi connectivity index (χ3n) is 5.67. The van der Waals surface area contributed by atoms with Crippen LogP contribution in [-0.2, 0) is 17.0 Å². The number of thioether (sulfide) groups is 1. The molecule has 2 aromatic heterocycles. The molecule has 9 nitrogen and oxygen atoms in total. The molecule has 2 aromatic carbocycles. The molecule has 0 saturated carbocycles. The number of hydrogen-bond acceptors (Lipinski definition) is 9. The Labute approximate surface area is 205 Å².